The maximum Gasteiger partial charge on any atom is 0.287 e. The van der Waals surface area contributed by atoms with Crippen molar-refractivity contribution in [1.29, 1.82) is 0 Å². The molecule has 2 aromatic rings. The van der Waals surface area contributed by atoms with E-state index in [0.29, 0.717) is 11.8 Å². The van der Waals surface area contributed by atoms with Crippen molar-refractivity contribution < 1.29 is 13.9 Å². The Morgan fingerprint density at radius 1 is 1.24 bits per heavy atom. The van der Waals surface area contributed by atoms with E-state index in [4.69, 9.17) is 21.4 Å². The molecule has 1 amide bonds. The Morgan fingerprint density at radius 2 is 2.03 bits per heavy atom. The molecule has 2 aliphatic carbocycles. The van der Waals surface area contributed by atoms with E-state index in [9.17, 15) is 4.79 Å². The van der Waals surface area contributed by atoms with Crippen LogP contribution in [0.3, 0.4) is 0 Å². The Kier molecular flexibility index (Phi) is 6.33. The number of carbonyl (C=O) groups is 1. The number of carbonyl (C=O) groups excluding carboxylic acids is 1. The highest BCUT2D eigenvalue weighted by Gasteiger charge is 2.23. The largest absolute Gasteiger partial charge is 0.484 e. The summed E-state index contributed by atoms with van der Waals surface area (Å²) in [6.07, 6.45) is 9.37. The van der Waals surface area contributed by atoms with Crippen molar-refractivity contribution in [3.63, 3.8) is 0 Å². The molecule has 0 bridgehead atoms. The summed E-state index contributed by atoms with van der Waals surface area (Å²) in [5, 5.41) is 7.45. The molecule has 0 unspecified atom stereocenters. The van der Waals surface area contributed by atoms with Gasteiger partial charge >= 0.3 is 0 Å². The van der Waals surface area contributed by atoms with Crippen molar-refractivity contribution in [2.75, 3.05) is 0 Å². The average molecular weight is 416 g/mol. The molecule has 1 aromatic heterocycles. The second kappa shape index (κ2) is 9.11. The van der Waals surface area contributed by atoms with E-state index < -0.39 is 0 Å². The van der Waals surface area contributed by atoms with Crippen LogP contribution in [-0.4, -0.2) is 21.7 Å². The minimum absolute atomic E-state index is 0.0738. The molecule has 0 spiro atoms. The summed E-state index contributed by atoms with van der Waals surface area (Å²) in [7, 11) is 0. The van der Waals surface area contributed by atoms with Gasteiger partial charge in [0.25, 0.3) is 10.7 Å². The SMILES string of the molecule is C[C@@H]1CCCC[C@H]1NC(=O)Cn1nc(COc2ccc3c(c2)CCCC3)oc1=S. The van der Waals surface area contributed by atoms with E-state index in [1.807, 2.05) is 6.07 Å². The maximum atomic E-state index is 12.4. The van der Waals surface area contributed by atoms with Gasteiger partial charge in [-0.3, -0.25) is 4.79 Å². The van der Waals surface area contributed by atoms with E-state index in [1.165, 1.54) is 47.9 Å². The summed E-state index contributed by atoms with van der Waals surface area (Å²) < 4.78 is 12.8. The Labute approximate surface area is 176 Å². The first kappa shape index (κ1) is 20.1. The molecule has 156 valence electrons. The van der Waals surface area contributed by atoms with Crippen molar-refractivity contribution in [3.8, 4) is 5.75 Å². The molecule has 2 atom stereocenters. The van der Waals surface area contributed by atoms with Gasteiger partial charge in [-0.25, -0.2) is 4.68 Å². The van der Waals surface area contributed by atoms with Crippen LogP contribution in [0.2, 0.25) is 0 Å². The van der Waals surface area contributed by atoms with Gasteiger partial charge < -0.3 is 14.5 Å². The fourth-order valence-corrected chi connectivity index (χ4v) is 4.57. The lowest BCUT2D eigenvalue weighted by atomic mass is 9.86. The standard InChI is InChI=1S/C22H29N3O3S/c1-15-6-2-5-9-19(15)23-20(26)13-25-22(29)28-21(24-25)14-27-18-11-10-16-7-3-4-8-17(16)12-18/h10-12,15,19H,2-9,13-14H2,1H3,(H,23,26)/t15-,19-/m1/s1. The van der Waals surface area contributed by atoms with E-state index in [1.54, 1.807) is 0 Å². The average Bonchev–Trinajstić information content (AvgIpc) is 3.07. The highest BCUT2D eigenvalue weighted by atomic mass is 32.1. The molecule has 2 aliphatic rings. The lowest BCUT2D eigenvalue weighted by Gasteiger charge is -2.29. The van der Waals surface area contributed by atoms with Crippen LogP contribution in [0.25, 0.3) is 0 Å². The molecule has 1 heterocycles. The molecule has 29 heavy (non-hydrogen) atoms. The molecule has 0 radical (unpaired) electrons. The van der Waals surface area contributed by atoms with Crippen molar-refractivity contribution in [2.24, 2.45) is 5.92 Å². The van der Waals surface area contributed by atoms with Crippen molar-refractivity contribution in [1.82, 2.24) is 15.1 Å². The van der Waals surface area contributed by atoms with Gasteiger partial charge in [0.15, 0.2) is 6.61 Å². The fourth-order valence-electron chi connectivity index (χ4n) is 4.37. The van der Waals surface area contributed by atoms with Crippen molar-refractivity contribution in [2.45, 2.75) is 77.5 Å². The summed E-state index contributed by atoms with van der Waals surface area (Å²) in [5.41, 5.74) is 2.79. The third kappa shape index (κ3) is 5.07. The minimum atomic E-state index is -0.0738. The van der Waals surface area contributed by atoms with Crippen LogP contribution in [-0.2, 0) is 30.8 Å². The molecule has 1 aromatic carbocycles. The van der Waals surface area contributed by atoms with Gasteiger partial charge in [-0.05, 0) is 79.9 Å². The summed E-state index contributed by atoms with van der Waals surface area (Å²) in [5.74, 6) is 1.63. The number of aryl methyl sites for hydroxylation is 2. The van der Waals surface area contributed by atoms with Crippen LogP contribution >= 0.6 is 12.2 Å². The highest BCUT2D eigenvalue weighted by molar-refractivity contribution is 7.71. The Morgan fingerprint density at radius 3 is 2.86 bits per heavy atom. The third-order valence-electron chi connectivity index (χ3n) is 6.08. The number of nitrogens with zero attached hydrogens (tertiary/aromatic N) is 2. The number of nitrogens with one attached hydrogen (secondary N) is 1. The first-order valence-corrected chi connectivity index (χ1v) is 11.1. The second-order valence-electron chi connectivity index (χ2n) is 8.28. The van der Waals surface area contributed by atoms with E-state index in [-0.39, 0.29) is 29.9 Å². The van der Waals surface area contributed by atoms with Crippen LogP contribution in [0.4, 0.5) is 0 Å². The zero-order chi connectivity index (χ0) is 20.2. The van der Waals surface area contributed by atoms with Crippen molar-refractivity contribution >= 4 is 18.1 Å². The van der Waals surface area contributed by atoms with E-state index in [0.717, 1.165) is 25.0 Å². The topological polar surface area (TPSA) is 69.3 Å². The predicted molar refractivity (Wildman–Crippen MR) is 112 cm³/mol. The number of hydrogen-bond donors (Lipinski definition) is 1. The number of hydrogen-bond acceptors (Lipinski definition) is 5. The molecule has 1 saturated carbocycles. The minimum Gasteiger partial charge on any atom is -0.484 e. The van der Waals surface area contributed by atoms with Gasteiger partial charge in [0.2, 0.25) is 5.91 Å². The zero-order valence-electron chi connectivity index (χ0n) is 17.0. The van der Waals surface area contributed by atoms with Crippen LogP contribution in [0.1, 0.15) is 62.5 Å². The van der Waals surface area contributed by atoms with E-state index in [2.05, 4.69) is 29.5 Å². The molecule has 0 saturated heterocycles. The molecule has 1 fully saturated rings. The smallest absolute Gasteiger partial charge is 0.287 e. The molecule has 7 heteroatoms. The second-order valence-corrected chi connectivity index (χ2v) is 8.63. The fraction of sp³-hybridized carbons (Fsp3) is 0.591. The molecule has 6 nitrogen and oxygen atoms in total. The van der Waals surface area contributed by atoms with Crippen LogP contribution in [0.5, 0.6) is 5.75 Å². The number of ether oxygens (including phenoxy) is 1. The van der Waals surface area contributed by atoms with Gasteiger partial charge in [-0.1, -0.05) is 25.8 Å². The van der Waals surface area contributed by atoms with Gasteiger partial charge in [0, 0.05) is 6.04 Å². The first-order chi connectivity index (χ1) is 14.1. The Hall–Kier alpha value is -2.15. The Balaban J connectivity index is 1.33. The van der Waals surface area contributed by atoms with E-state index >= 15 is 0 Å². The zero-order valence-corrected chi connectivity index (χ0v) is 17.8. The van der Waals surface area contributed by atoms with Gasteiger partial charge in [0.1, 0.15) is 12.3 Å². The summed E-state index contributed by atoms with van der Waals surface area (Å²) in [6, 6.07) is 6.49. The number of rotatable bonds is 6. The first-order valence-electron chi connectivity index (χ1n) is 10.7. The number of fused-ring (bicyclic) bond motifs is 1. The highest BCUT2D eigenvalue weighted by Crippen LogP contribution is 2.26. The van der Waals surface area contributed by atoms with Gasteiger partial charge in [-0.2, -0.15) is 0 Å². The number of amides is 1. The Bertz CT molecular complexity index is 920. The summed E-state index contributed by atoms with van der Waals surface area (Å²) in [4.78, 5) is 12.6. The predicted octanol–water partition coefficient (Wildman–Crippen LogP) is 4.36. The third-order valence-corrected chi connectivity index (χ3v) is 6.38. The van der Waals surface area contributed by atoms with Crippen molar-refractivity contribution in [3.05, 3.63) is 40.1 Å². The summed E-state index contributed by atoms with van der Waals surface area (Å²) in [6.45, 7) is 2.46. The number of benzene rings is 1. The van der Waals surface area contributed by atoms with Crippen LogP contribution in [0.15, 0.2) is 22.6 Å². The molecule has 0 aliphatic heterocycles. The number of aromatic nitrogens is 2. The van der Waals surface area contributed by atoms with Crippen LogP contribution < -0.4 is 10.1 Å². The summed E-state index contributed by atoms with van der Waals surface area (Å²) >= 11 is 5.23. The molecule has 4 rings (SSSR count). The van der Waals surface area contributed by atoms with Gasteiger partial charge in [0.05, 0.1) is 0 Å². The lowest BCUT2D eigenvalue weighted by molar-refractivity contribution is -0.123. The van der Waals surface area contributed by atoms with Crippen LogP contribution in [0, 0.1) is 10.8 Å². The quantitative estimate of drug-likeness (QED) is 0.710. The molecular weight excluding hydrogens is 386 g/mol. The maximum absolute atomic E-state index is 12.4. The normalized spacial score (nSPS) is 21.4. The van der Waals surface area contributed by atoms with Gasteiger partial charge in [-0.15, -0.1) is 5.10 Å². The lowest BCUT2D eigenvalue weighted by Crippen LogP contribution is -2.42. The molecule has 1 N–H and O–H groups in total. The monoisotopic (exact) mass is 415 g/mol. The molecular formula is C22H29N3O3S.